The van der Waals surface area contributed by atoms with Gasteiger partial charge in [0.2, 0.25) is 0 Å². The lowest BCUT2D eigenvalue weighted by molar-refractivity contribution is -0.0982. The van der Waals surface area contributed by atoms with E-state index in [0.717, 1.165) is 18.4 Å². The summed E-state index contributed by atoms with van der Waals surface area (Å²) in [6.07, 6.45) is 1.16. The third-order valence-electron chi connectivity index (χ3n) is 5.68. The zero-order chi connectivity index (χ0) is 19.2. The van der Waals surface area contributed by atoms with Crippen molar-refractivity contribution in [1.82, 2.24) is 4.90 Å². The summed E-state index contributed by atoms with van der Waals surface area (Å²) in [7, 11) is 0. The van der Waals surface area contributed by atoms with Crippen LogP contribution in [0.2, 0.25) is 0 Å². The number of nitrogens with zero attached hydrogens (tertiary/aromatic N) is 1. The number of amides is 1. The second kappa shape index (κ2) is 7.08. The Morgan fingerprint density at radius 2 is 2.00 bits per heavy atom. The summed E-state index contributed by atoms with van der Waals surface area (Å²) in [5.74, 6) is 0.0119. The average Bonchev–Trinajstić information content (AvgIpc) is 3.38. The third-order valence-corrected chi connectivity index (χ3v) is 5.68. The second-order valence-corrected chi connectivity index (χ2v) is 8.84. The predicted molar refractivity (Wildman–Crippen MR) is 98.9 cm³/mol. The van der Waals surface area contributed by atoms with Crippen molar-refractivity contribution in [1.29, 1.82) is 0 Å². The highest BCUT2D eigenvalue weighted by Gasteiger charge is 2.59. The first-order chi connectivity index (χ1) is 12.8. The van der Waals surface area contributed by atoms with Crippen LogP contribution < -0.4 is 0 Å². The molecule has 4 fully saturated rings. The second-order valence-electron chi connectivity index (χ2n) is 8.84. The quantitative estimate of drug-likeness (QED) is 0.819. The molecular weight excluding hydrogens is 346 g/mol. The van der Waals surface area contributed by atoms with Crippen molar-refractivity contribution in [2.24, 2.45) is 5.92 Å². The molecule has 5 rings (SSSR count). The number of epoxide rings is 1. The molecule has 0 aromatic heterocycles. The van der Waals surface area contributed by atoms with Crippen molar-refractivity contribution in [3.63, 3.8) is 0 Å². The summed E-state index contributed by atoms with van der Waals surface area (Å²) in [6, 6.07) is 9.76. The van der Waals surface area contributed by atoms with E-state index >= 15 is 0 Å². The third kappa shape index (κ3) is 3.98. The number of rotatable bonds is 4. The molecule has 1 aliphatic carbocycles. The van der Waals surface area contributed by atoms with Gasteiger partial charge in [-0.2, -0.15) is 0 Å². The van der Waals surface area contributed by atoms with Crippen molar-refractivity contribution in [2.45, 2.75) is 82.8 Å². The van der Waals surface area contributed by atoms with Gasteiger partial charge in [-0.15, -0.1) is 0 Å². The number of ether oxygens (including phenoxy) is 3. The minimum Gasteiger partial charge on any atom is -0.444 e. The Labute approximate surface area is 160 Å². The molecule has 1 N–H and O–H groups in total. The van der Waals surface area contributed by atoms with Crippen LogP contribution in [0.1, 0.15) is 45.6 Å². The summed E-state index contributed by atoms with van der Waals surface area (Å²) in [6.45, 7) is 6.08. The van der Waals surface area contributed by atoms with Gasteiger partial charge in [-0.05, 0) is 45.6 Å². The maximum absolute atomic E-state index is 12.9. The van der Waals surface area contributed by atoms with E-state index in [2.05, 4.69) is 0 Å². The molecule has 2 bridgehead atoms. The van der Waals surface area contributed by atoms with Crippen LogP contribution in [0.25, 0.3) is 0 Å². The van der Waals surface area contributed by atoms with E-state index in [4.69, 9.17) is 14.2 Å². The predicted octanol–water partition coefficient (Wildman–Crippen LogP) is 3.08. The van der Waals surface area contributed by atoms with E-state index in [1.165, 1.54) is 0 Å². The van der Waals surface area contributed by atoms with Crippen LogP contribution in [-0.4, -0.2) is 52.3 Å². The zero-order valence-corrected chi connectivity index (χ0v) is 16.2. The molecule has 1 aromatic rings. The lowest BCUT2D eigenvalue weighted by atomic mass is 9.71. The maximum atomic E-state index is 12.9. The molecule has 3 saturated heterocycles. The fraction of sp³-hybridized carbons (Fsp3) is 0.667. The fourth-order valence-electron chi connectivity index (χ4n) is 4.47. The van der Waals surface area contributed by atoms with Gasteiger partial charge in [0, 0.05) is 12.0 Å². The van der Waals surface area contributed by atoms with Crippen LogP contribution in [-0.2, 0) is 20.8 Å². The number of hydrogen-bond acceptors (Lipinski definition) is 5. The first-order valence-corrected chi connectivity index (χ1v) is 9.84. The lowest BCUT2D eigenvalue weighted by Gasteiger charge is -2.52. The Bertz CT molecular complexity index is 673. The Balaban J connectivity index is 1.45. The normalized spacial score (nSPS) is 35.2. The molecule has 1 saturated carbocycles. The van der Waals surface area contributed by atoms with Crippen LogP contribution in [0.5, 0.6) is 0 Å². The zero-order valence-electron chi connectivity index (χ0n) is 16.2. The molecule has 6 nitrogen and oxygen atoms in total. The fourth-order valence-corrected chi connectivity index (χ4v) is 4.47. The van der Waals surface area contributed by atoms with E-state index in [1.807, 2.05) is 56.0 Å². The van der Waals surface area contributed by atoms with Crippen molar-refractivity contribution < 1.29 is 24.1 Å². The monoisotopic (exact) mass is 375 g/mol. The van der Waals surface area contributed by atoms with E-state index in [0.29, 0.717) is 13.0 Å². The van der Waals surface area contributed by atoms with E-state index in [-0.39, 0.29) is 36.5 Å². The van der Waals surface area contributed by atoms with Gasteiger partial charge in [0.05, 0.1) is 18.8 Å². The molecule has 3 heterocycles. The Kier molecular flexibility index (Phi) is 4.91. The molecule has 6 atom stereocenters. The number of piperidine rings is 2. The van der Waals surface area contributed by atoms with Gasteiger partial charge in [0.25, 0.3) is 0 Å². The number of fused-ring (bicyclic) bond motifs is 3. The van der Waals surface area contributed by atoms with E-state index in [1.54, 1.807) is 0 Å². The SMILES string of the molecule is CC(C)(C)OC(=O)N1[C@H]2CC[C@@H]([C@H]1C1OC1OCc1ccccc1)[C@@H](O)C2. The van der Waals surface area contributed by atoms with Crippen LogP contribution >= 0.6 is 0 Å². The minimum atomic E-state index is -0.551. The van der Waals surface area contributed by atoms with Gasteiger partial charge < -0.3 is 19.3 Å². The van der Waals surface area contributed by atoms with Gasteiger partial charge in [-0.25, -0.2) is 4.79 Å². The highest BCUT2D eigenvalue weighted by molar-refractivity contribution is 5.69. The first kappa shape index (κ1) is 18.7. The van der Waals surface area contributed by atoms with Gasteiger partial charge in [0.15, 0.2) is 6.29 Å². The number of aliphatic hydroxyl groups excluding tert-OH is 1. The lowest BCUT2D eigenvalue weighted by Crippen LogP contribution is -2.64. The summed E-state index contributed by atoms with van der Waals surface area (Å²) < 4.78 is 17.3. The standard InChI is InChI=1S/C21H29NO5/c1-21(2,3)27-20(24)22-14-9-10-15(16(23)11-14)17(22)18-19(26-18)25-12-13-7-5-4-6-8-13/h4-8,14-19,23H,9-12H2,1-3H3/t14-,15+,16-,17-,18?,19?/m0/s1. The Hall–Kier alpha value is -1.63. The van der Waals surface area contributed by atoms with Crippen molar-refractivity contribution in [3.8, 4) is 0 Å². The minimum absolute atomic E-state index is 0.00354. The van der Waals surface area contributed by atoms with Crippen molar-refractivity contribution in [2.75, 3.05) is 0 Å². The van der Waals surface area contributed by atoms with Gasteiger partial charge in [0.1, 0.15) is 11.7 Å². The smallest absolute Gasteiger partial charge is 0.410 e. The molecule has 3 aliphatic heterocycles. The molecular formula is C21H29NO5. The molecule has 6 heteroatoms. The van der Waals surface area contributed by atoms with Crippen LogP contribution in [0, 0.1) is 5.92 Å². The molecule has 1 amide bonds. The molecule has 1 aromatic carbocycles. The van der Waals surface area contributed by atoms with Crippen LogP contribution in [0.3, 0.4) is 0 Å². The van der Waals surface area contributed by atoms with Gasteiger partial charge in [-0.1, -0.05) is 30.3 Å². The molecule has 27 heavy (non-hydrogen) atoms. The number of benzene rings is 1. The number of aliphatic hydroxyl groups is 1. The van der Waals surface area contributed by atoms with Gasteiger partial charge in [-0.3, -0.25) is 4.90 Å². The van der Waals surface area contributed by atoms with E-state index < -0.39 is 11.7 Å². The van der Waals surface area contributed by atoms with Crippen molar-refractivity contribution >= 4 is 6.09 Å². The van der Waals surface area contributed by atoms with Crippen molar-refractivity contribution in [3.05, 3.63) is 35.9 Å². The molecule has 148 valence electrons. The number of carbonyl (C=O) groups is 1. The Morgan fingerprint density at radius 3 is 2.67 bits per heavy atom. The molecule has 0 spiro atoms. The maximum Gasteiger partial charge on any atom is 0.410 e. The molecule has 4 aliphatic rings. The first-order valence-electron chi connectivity index (χ1n) is 9.84. The Morgan fingerprint density at radius 1 is 1.26 bits per heavy atom. The van der Waals surface area contributed by atoms with Crippen LogP contribution in [0.4, 0.5) is 4.79 Å². The summed E-state index contributed by atoms with van der Waals surface area (Å²) >= 11 is 0. The summed E-state index contributed by atoms with van der Waals surface area (Å²) in [4.78, 5) is 14.7. The molecule has 2 unspecified atom stereocenters. The molecule has 0 radical (unpaired) electrons. The summed E-state index contributed by atoms with van der Waals surface area (Å²) in [5, 5.41) is 10.5. The highest BCUT2D eigenvalue weighted by atomic mass is 16.8. The topological polar surface area (TPSA) is 71.5 Å². The van der Waals surface area contributed by atoms with E-state index in [9.17, 15) is 9.90 Å². The largest absolute Gasteiger partial charge is 0.444 e. The van der Waals surface area contributed by atoms with Gasteiger partial charge >= 0.3 is 6.09 Å². The van der Waals surface area contributed by atoms with Crippen LogP contribution in [0.15, 0.2) is 30.3 Å². The average molecular weight is 375 g/mol. The summed E-state index contributed by atoms with van der Waals surface area (Å²) in [5.41, 5.74) is 0.533. The number of hydrogen-bond donors (Lipinski definition) is 1. The number of carbonyl (C=O) groups excluding carboxylic acids is 1. The highest BCUT2D eigenvalue weighted by Crippen LogP contribution is 2.46.